The van der Waals surface area contributed by atoms with Gasteiger partial charge in [0.05, 0.1) is 23.3 Å². The van der Waals surface area contributed by atoms with E-state index in [9.17, 15) is 4.79 Å². The van der Waals surface area contributed by atoms with Crippen LogP contribution in [0.2, 0.25) is 0 Å². The maximum Gasteiger partial charge on any atom is 0.354 e. The molecule has 0 spiro atoms. The third-order valence-corrected chi connectivity index (χ3v) is 5.33. The second kappa shape index (κ2) is 7.09. The first-order valence-electron chi connectivity index (χ1n) is 9.84. The molecule has 3 aromatic carbocycles. The van der Waals surface area contributed by atoms with Gasteiger partial charge in [-0.2, -0.15) is 5.10 Å². The van der Waals surface area contributed by atoms with Crippen LogP contribution in [-0.4, -0.2) is 22.9 Å². The van der Waals surface area contributed by atoms with Gasteiger partial charge in [0.15, 0.2) is 0 Å². The van der Waals surface area contributed by atoms with Crippen LogP contribution in [0.4, 0.5) is 5.69 Å². The topological polar surface area (TPSA) is 46.8 Å². The van der Waals surface area contributed by atoms with Crippen molar-refractivity contribution in [1.82, 2.24) is 4.57 Å². The van der Waals surface area contributed by atoms with Gasteiger partial charge in [0, 0.05) is 17.2 Å². The summed E-state index contributed by atoms with van der Waals surface area (Å²) in [5.41, 5.74) is 3.64. The number of fused-ring (bicyclic) bond motifs is 3. The van der Waals surface area contributed by atoms with Crippen LogP contribution >= 0.6 is 0 Å². The monoisotopic (exact) mass is 383 g/mol. The minimum atomic E-state index is -0.350. The molecule has 0 saturated heterocycles. The molecule has 1 unspecified atom stereocenters. The molecule has 5 nitrogen and oxygen atoms in total. The molecule has 0 saturated carbocycles. The highest BCUT2D eigenvalue weighted by atomic mass is 16.5. The Labute approximate surface area is 168 Å². The van der Waals surface area contributed by atoms with Crippen LogP contribution in [0.1, 0.15) is 19.5 Å². The molecule has 5 rings (SSSR count). The first-order chi connectivity index (χ1) is 14.3. The first-order valence-corrected chi connectivity index (χ1v) is 9.84. The maximum absolute atomic E-state index is 12.5. The van der Waals surface area contributed by atoms with Crippen LogP contribution in [0.15, 0.2) is 84.0 Å². The zero-order valence-corrected chi connectivity index (χ0v) is 16.2. The molecule has 0 N–H and O–H groups in total. The Balaban J connectivity index is 1.71. The fourth-order valence-electron chi connectivity index (χ4n) is 4.12. The van der Waals surface area contributed by atoms with Gasteiger partial charge in [0.2, 0.25) is 0 Å². The Morgan fingerprint density at radius 2 is 1.52 bits per heavy atom. The molecule has 0 fully saturated rings. The number of benzene rings is 3. The zero-order valence-electron chi connectivity index (χ0n) is 16.2. The number of ether oxygens (including phenoxy) is 1. The highest BCUT2D eigenvalue weighted by Gasteiger charge is 2.34. The van der Waals surface area contributed by atoms with Gasteiger partial charge in [0.25, 0.3) is 0 Å². The Morgan fingerprint density at radius 3 is 2.14 bits per heavy atom. The average Bonchev–Trinajstić information content (AvgIpc) is 3.34. The quantitative estimate of drug-likeness (QED) is 0.459. The Bertz CT molecular complexity index is 1170. The number of esters is 1. The number of hydrazone groups is 1. The summed E-state index contributed by atoms with van der Waals surface area (Å²) in [7, 11) is 0. The first kappa shape index (κ1) is 17.5. The van der Waals surface area contributed by atoms with E-state index < -0.39 is 0 Å². The lowest BCUT2D eigenvalue weighted by atomic mass is 10.2. The smallest absolute Gasteiger partial charge is 0.354 e. The van der Waals surface area contributed by atoms with E-state index >= 15 is 0 Å². The van der Waals surface area contributed by atoms with Crippen LogP contribution in [0.25, 0.3) is 21.8 Å². The molecule has 29 heavy (non-hydrogen) atoms. The minimum Gasteiger partial charge on any atom is -0.461 e. The van der Waals surface area contributed by atoms with Crippen LogP contribution in [-0.2, 0) is 9.53 Å². The number of rotatable bonds is 4. The van der Waals surface area contributed by atoms with Crippen molar-refractivity contribution in [3.05, 3.63) is 78.9 Å². The van der Waals surface area contributed by atoms with E-state index in [4.69, 9.17) is 4.74 Å². The number of carbonyl (C=O) groups excluding carboxylic acids is 1. The lowest BCUT2D eigenvalue weighted by Crippen LogP contribution is -2.24. The van der Waals surface area contributed by atoms with Gasteiger partial charge in [-0.25, -0.2) is 9.80 Å². The fourth-order valence-corrected chi connectivity index (χ4v) is 4.12. The summed E-state index contributed by atoms with van der Waals surface area (Å²) >= 11 is 0. The number of anilines is 1. The Hall–Kier alpha value is -3.60. The highest BCUT2D eigenvalue weighted by Crippen LogP contribution is 2.38. The van der Waals surface area contributed by atoms with E-state index in [2.05, 4.69) is 46.1 Å². The summed E-state index contributed by atoms with van der Waals surface area (Å²) < 4.78 is 7.53. The molecule has 144 valence electrons. The van der Waals surface area contributed by atoms with Gasteiger partial charge in [-0.1, -0.05) is 54.6 Å². The molecule has 5 heteroatoms. The molecule has 1 atom stereocenters. The van der Waals surface area contributed by atoms with Crippen molar-refractivity contribution in [2.45, 2.75) is 19.5 Å². The second-order valence-corrected chi connectivity index (χ2v) is 7.04. The fraction of sp³-hybridized carbons (Fsp3) is 0.167. The molecule has 0 aliphatic carbocycles. The molecule has 1 aromatic heterocycles. The van der Waals surface area contributed by atoms with E-state index in [1.807, 2.05) is 54.4 Å². The molecule has 1 aliphatic rings. The van der Waals surface area contributed by atoms with Crippen molar-refractivity contribution in [3.63, 3.8) is 0 Å². The molecule has 0 radical (unpaired) electrons. The van der Waals surface area contributed by atoms with E-state index in [0.29, 0.717) is 18.7 Å². The zero-order chi connectivity index (χ0) is 19.8. The van der Waals surface area contributed by atoms with Crippen LogP contribution in [0, 0.1) is 0 Å². The van der Waals surface area contributed by atoms with Crippen molar-refractivity contribution in [1.29, 1.82) is 0 Å². The van der Waals surface area contributed by atoms with E-state index in [1.54, 1.807) is 0 Å². The maximum atomic E-state index is 12.5. The van der Waals surface area contributed by atoms with Gasteiger partial charge in [-0.15, -0.1) is 0 Å². The normalized spacial score (nSPS) is 16.4. The van der Waals surface area contributed by atoms with Crippen LogP contribution in [0.3, 0.4) is 0 Å². The van der Waals surface area contributed by atoms with Gasteiger partial charge in [-0.3, -0.25) is 0 Å². The molecule has 0 amide bonds. The predicted octanol–water partition coefficient (Wildman–Crippen LogP) is 5.12. The average molecular weight is 383 g/mol. The summed E-state index contributed by atoms with van der Waals surface area (Å²) in [4.78, 5) is 12.5. The van der Waals surface area contributed by atoms with Gasteiger partial charge in [-0.05, 0) is 31.2 Å². The summed E-state index contributed by atoms with van der Waals surface area (Å²) in [6.07, 6.45) is 0.331. The number of para-hydroxylation sites is 3. The predicted molar refractivity (Wildman–Crippen MR) is 116 cm³/mol. The summed E-state index contributed by atoms with van der Waals surface area (Å²) in [6, 6.07) is 26.7. The van der Waals surface area contributed by atoms with E-state index in [0.717, 1.165) is 16.7 Å². The molecule has 1 aliphatic heterocycles. The number of carbonyl (C=O) groups is 1. The van der Waals surface area contributed by atoms with E-state index in [-0.39, 0.29) is 12.1 Å². The third-order valence-electron chi connectivity index (χ3n) is 5.33. The van der Waals surface area contributed by atoms with Crippen LogP contribution in [0.5, 0.6) is 0 Å². The summed E-state index contributed by atoms with van der Waals surface area (Å²) in [5, 5.41) is 9.01. The molecule has 0 bridgehead atoms. The second-order valence-electron chi connectivity index (χ2n) is 7.04. The lowest BCUT2D eigenvalue weighted by molar-refractivity contribution is -0.135. The van der Waals surface area contributed by atoms with Crippen molar-refractivity contribution in [2.75, 3.05) is 11.6 Å². The SMILES string of the molecule is CCOC(=O)C1=NN(c2ccccc2)C(n2c3ccccc3c3ccccc32)C1. The number of nitrogens with zero attached hydrogens (tertiary/aromatic N) is 3. The summed E-state index contributed by atoms with van der Waals surface area (Å²) in [6.45, 7) is 2.15. The van der Waals surface area contributed by atoms with Crippen molar-refractivity contribution < 1.29 is 9.53 Å². The molecule has 2 heterocycles. The number of hydrogen-bond acceptors (Lipinski definition) is 4. The highest BCUT2D eigenvalue weighted by molar-refractivity contribution is 6.37. The van der Waals surface area contributed by atoms with Crippen molar-refractivity contribution in [2.24, 2.45) is 5.10 Å². The number of aromatic nitrogens is 1. The van der Waals surface area contributed by atoms with Gasteiger partial charge in [0.1, 0.15) is 11.9 Å². The summed E-state index contributed by atoms with van der Waals surface area (Å²) in [5.74, 6) is -0.350. The number of hydrogen-bond donors (Lipinski definition) is 0. The van der Waals surface area contributed by atoms with Gasteiger partial charge >= 0.3 is 5.97 Å². The van der Waals surface area contributed by atoms with Crippen LogP contribution < -0.4 is 5.01 Å². The lowest BCUT2D eigenvalue weighted by Gasteiger charge is -2.26. The van der Waals surface area contributed by atoms with Gasteiger partial charge < -0.3 is 9.30 Å². The van der Waals surface area contributed by atoms with Crippen molar-refractivity contribution in [3.8, 4) is 0 Å². The minimum absolute atomic E-state index is 0.151. The molecule has 4 aromatic rings. The Morgan fingerprint density at radius 1 is 0.931 bits per heavy atom. The van der Waals surface area contributed by atoms with Crippen molar-refractivity contribution >= 4 is 39.2 Å². The standard InChI is InChI=1S/C24H21N3O2/c1-2-29-24(28)20-16-23(27(25-20)17-10-4-3-5-11-17)26-21-14-8-6-12-18(21)19-13-7-9-15-22(19)26/h3-15,23H,2,16H2,1H3. The Kier molecular flexibility index (Phi) is 4.28. The third kappa shape index (κ3) is 2.86. The molecular weight excluding hydrogens is 362 g/mol. The van der Waals surface area contributed by atoms with E-state index in [1.165, 1.54) is 10.8 Å². The largest absolute Gasteiger partial charge is 0.461 e. The molecular formula is C24H21N3O2.